The minimum atomic E-state index is 0.0128. The summed E-state index contributed by atoms with van der Waals surface area (Å²) in [6, 6.07) is 7.68. The molecule has 0 bridgehead atoms. The van der Waals surface area contributed by atoms with Crippen LogP contribution >= 0.6 is 11.8 Å². The maximum atomic E-state index is 12.5. The maximum Gasteiger partial charge on any atom is 0.227 e. The lowest BCUT2D eigenvalue weighted by atomic mass is 10.1. The Morgan fingerprint density at radius 1 is 1.33 bits per heavy atom. The molecular formula is C16H17N5O2S. The molecule has 1 amide bonds. The lowest BCUT2D eigenvalue weighted by Gasteiger charge is -2.16. The van der Waals surface area contributed by atoms with Crippen LogP contribution in [-0.4, -0.2) is 44.2 Å². The van der Waals surface area contributed by atoms with Crippen LogP contribution in [0.15, 0.2) is 29.4 Å². The normalized spacial score (nSPS) is 17.5. The summed E-state index contributed by atoms with van der Waals surface area (Å²) in [5.41, 5.74) is 1.42. The van der Waals surface area contributed by atoms with Crippen molar-refractivity contribution in [1.29, 1.82) is 0 Å². The molecule has 2 aliphatic rings. The molecule has 0 radical (unpaired) electrons. The molecule has 2 fully saturated rings. The van der Waals surface area contributed by atoms with E-state index in [1.165, 1.54) is 11.8 Å². The van der Waals surface area contributed by atoms with Crippen LogP contribution in [-0.2, 0) is 4.79 Å². The number of anilines is 1. The van der Waals surface area contributed by atoms with Crippen LogP contribution in [0.3, 0.4) is 0 Å². The Kier molecular flexibility index (Phi) is 4.05. The van der Waals surface area contributed by atoms with E-state index in [1.54, 1.807) is 21.7 Å². The summed E-state index contributed by atoms with van der Waals surface area (Å²) in [5.74, 6) is 0.418. The van der Waals surface area contributed by atoms with E-state index in [9.17, 15) is 9.59 Å². The van der Waals surface area contributed by atoms with E-state index in [0.717, 1.165) is 31.5 Å². The quantitative estimate of drug-likeness (QED) is 0.590. The molecule has 0 spiro atoms. The summed E-state index contributed by atoms with van der Waals surface area (Å²) < 4.78 is 1.80. The third-order valence-electron chi connectivity index (χ3n) is 4.24. The summed E-state index contributed by atoms with van der Waals surface area (Å²) in [4.78, 5) is 26.1. The van der Waals surface area contributed by atoms with Gasteiger partial charge >= 0.3 is 0 Å². The highest BCUT2D eigenvalue weighted by Crippen LogP contribution is 2.36. The number of benzene rings is 1. The number of Topliss-reactive ketones (excluding diaryl/α,β-unsaturated/α-hetero) is 1. The summed E-state index contributed by atoms with van der Waals surface area (Å²) in [5, 5.41) is 12.4. The number of ketones is 1. The number of aromatic nitrogens is 4. The van der Waals surface area contributed by atoms with E-state index in [-0.39, 0.29) is 17.4 Å². The second kappa shape index (κ2) is 6.35. The first-order valence-corrected chi connectivity index (χ1v) is 9.05. The van der Waals surface area contributed by atoms with Crippen molar-refractivity contribution in [3.05, 3.63) is 29.8 Å². The van der Waals surface area contributed by atoms with Crippen molar-refractivity contribution in [3.8, 4) is 0 Å². The van der Waals surface area contributed by atoms with Gasteiger partial charge < -0.3 is 4.90 Å². The van der Waals surface area contributed by atoms with Crippen LogP contribution in [0.25, 0.3) is 0 Å². The molecule has 4 rings (SSSR count). The Morgan fingerprint density at radius 2 is 2.21 bits per heavy atom. The van der Waals surface area contributed by atoms with Gasteiger partial charge in [0.1, 0.15) is 0 Å². The third-order valence-corrected chi connectivity index (χ3v) is 5.17. The first kappa shape index (κ1) is 15.3. The molecule has 1 aliphatic heterocycles. The summed E-state index contributed by atoms with van der Waals surface area (Å²) in [6.45, 7) is 0.724. The average molecular weight is 343 g/mol. The van der Waals surface area contributed by atoms with Crippen molar-refractivity contribution in [2.75, 3.05) is 17.2 Å². The smallest absolute Gasteiger partial charge is 0.227 e. The zero-order valence-electron chi connectivity index (χ0n) is 13.1. The molecule has 124 valence electrons. The van der Waals surface area contributed by atoms with Crippen molar-refractivity contribution in [3.63, 3.8) is 0 Å². The number of rotatable bonds is 6. The van der Waals surface area contributed by atoms with Crippen molar-refractivity contribution in [1.82, 2.24) is 20.2 Å². The Hall–Kier alpha value is -2.22. The maximum absolute atomic E-state index is 12.5. The molecule has 1 saturated heterocycles. The molecule has 0 N–H and O–H groups in total. The van der Waals surface area contributed by atoms with Gasteiger partial charge in [0.15, 0.2) is 5.78 Å². The predicted octanol–water partition coefficient (Wildman–Crippen LogP) is 2.11. The molecule has 0 atom stereocenters. The lowest BCUT2D eigenvalue weighted by Crippen LogP contribution is -2.23. The monoisotopic (exact) mass is 343 g/mol. The first-order chi connectivity index (χ1) is 11.7. The van der Waals surface area contributed by atoms with Gasteiger partial charge in [-0.05, 0) is 41.8 Å². The number of hydrogen-bond donors (Lipinski definition) is 0. The predicted molar refractivity (Wildman–Crippen MR) is 89.2 cm³/mol. The fraction of sp³-hybridized carbons (Fsp3) is 0.438. The van der Waals surface area contributed by atoms with Crippen LogP contribution in [0.1, 0.15) is 42.1 Å². The molecule has 2 heterocycles. The molecular weight excluding hydrogens is 326 g/mol. The zero-order chi connectivity index (χ0) is 16.5. The van der Waals surface area contributed by atoms with Gasteiger partial charge in [0.2, 0.25) is 11.1 Å². The van der Waals surface area contributed by atoms with E-state index in [0.29, 0.717) is 23.2 Å². The van der Waals surface area contributed by atoms with E-state index < -0.39 is 0 Å². The Bertz CT molecular complexity index is 786. The van der Waals surface area contributed by atoms with Gasteiger partial charge in [0.05, 0.1) is 11.8 Å². The van der Waals surface area contributed by atoms with Crippen LogP contribution < -0.4 is 4.90 Å². The Balaban J connectivity index is 1.44. The van der Waals surface area contributed by atoms with E-state index in [2.05, 4.69) is 15.5 Å². The minimum Gasteiger partial charge on any atom is -0.312 e. The largest absolute Gasteiger partial charge is 0.312 e. The molecule has 1 aliphatic carbocycles. The number of thioether (sulfide) groups is 1. The van der Waals surface area contributed by atoms with Crippen LogP contribution in [0.2, 0.25) is 0 Å². The fourth-order valence-electron chi connectivity index (χ4n) is 2.81. The van der Waals surface area contributed by atoms with Gasteiger partial charge in [0, 0.05) is 24.2 Å². The highest BCUT2D eigenvalue weighted by Gasteiger charge is 2.28. The number of hydrogen-bond acceptors (Lipinski definition) is 6. The number of carbonyl (C=O) groups excluding carboxylic acids is 2. The molecule has 8 heteroatoms. The standard InChI is InChI=1S/C16H17N5O2S/c22-14(10-24-16-17-18-19-21(16)12-6-7-12)11-3-1-4-13(9-11)20-8-2-5-15(20)23/h1,3-4,9,12H,2,5-8,10H2. The van der Waals surface area contributed by atoms with Gasteiger partial charge in [-0.15, -0.1) is 5.10 Å². The molecule has 1 aromatic carbocycles. The molecule has 7 nitrogen and oxygen atoms in total. The van der Waals surface area contributed by atoms with Crippen molar-refractivity contribution in [2.45, 2.75) is 36.9 Å². The average Bonchev–Trinajstić information content (AvgIpc) is 3.18. The van der Waals surface area contributed by atoms with Gasteiger partial charge in [-0.1, -0.05) is 23.9 Å². The highest BCUT2D eigenvalue weighted by atomic mass is 32.2. The second-order valence-electron chi connectivity index (χ2n) is 6.05. The van der Waals surface area contributed by atoms with Crippen molar-refractivity contribution in [2.24, 2.45) is 0 Å². The fourth-order valence-corrected chi connectivity index (χ4v) is 3.65. The second-order valence-corrected chi connectivity index (χ2v) is 6.99. The molecule has 1 aromatic heterocycles. The Labute approximate surface area is 143 Å². The lowest BCUT2D eigenvalue weighted by molar-refractivity contribution is -0.117. The van der Waals surface area contributed by atoms with E-state index in [1.807, 2.05) is 12.1 Å². The van der Waals surface area contributed by atoms with Crippen LogP contribution in [0.5, 0.6) is 0 Å². The Morgan fingerprint density at radius 3 is 2.96 bits per heavy atom. The number of tetrazole rings is 1. The van der Waals surface area contributed by atoms with Gasteiger partial charge in [0.25, 0.3) is 0 Å². The third kappa shape index (κ3) is 3.06. The minimum absolute atomic E-state index is 0.0128. The van der Waals surface area contributed by atoms with Crippen LogP contribution in [0, 0.1) is 0 Å². The van der Waals surface area contributed by atoms with Crippen LogP contribution in [0.4, 0.5) is 5.69 Å². The highest BCUT2D eigenvalue weighted by molar-refractivity contribution is 7.99. The van der Waals surface area contributed by atoms with E-state index in [4.69, 9.17) is 0 Å². The zero-order valence-corrected chi connectivity index (χ0v) is 13.9. The topological polar surface area (TPSA) is 81.0 Å². The molecule has 24 heavy (non-hydrogen) atoms. The van der Waals surface area contributed by atoms with Crippen molar-refractivity contribution >= 4 is 29.1 Å². The number of nitrogens with zero attached hydrogens (tertiary/aromatic N) is 5. The van der Waals surface area contributed by atoms with Gasteiger partial charge in [-0.3, -0.25) is 9.59 Å². The molecule has 2 aromatic rings. The molecule has 1 saturated carbocycles. The summed E-state index contributed by atoms with van der Waals surface area (Å²) in [6.07, 6.45) is 3.64. The first-order valence-electron chi connectivity index (χ1n) is 8.06. The van der Waals surface area contributed by atoms with Gasteiger partial charge in [-0.25, -0.2) is 4.68 Å². The molecule has 0 unspecified atom stereocenters. The number of amides is 1. The van der Waals surface area contributed by atoms with E-state index >= 15 is 0 Å². The number of carbonyl (C=O) groups is 2. The SMILES string of the molecule is O=C(CSc1nnnn1C1CC1)c1cccc(N2CCCC2=O)c1. The van der Waals surface area contributed by atoms with Crippen molar-refractivity contribution < 1.29 is 9.59 Å². The summed E-state index contributed by atoms with van der Waals surface area (Å²) in [7, 11) is 0. The van der Waals surface area contributed by atoms with Gasteiger partial charge in [-0.2, -0.15) is 0 Å². The summed E-state index contributed by atoms with van der Waals surface area (Å²) >= 11 is 1.36.